The molecule has 2 amide bonds. The number of fused-ring (bicyclic) bond motifs is 1. The van der Waals surface area contributed by atoms with Gasteiger partial charge in [-0.05, 0) is 46.8 Å². The highest BCUT2D eigenvalue weighted by molar-refractivity contribution is 7.92. The molecule has 2 N–H and O–H groups in total. The number of carbonyl (C=O) groups excluding carboxylic acids is 2. The third-order valence-electron chi connectivity index (χ3n) is 5.90. The maximum absolute atomic E-state index is 13.0. The molecule has 3 heterocycles. The summed E-state index contributed by atoms with van der Waals surface area (Å²) in [7, 11) is -3.36. The topological polar surface area (TPSA) is 131 Å². The normalized spacial score (nSPS) is 18.0. The van der Waals surface area contributed by atoms with Gasteiger partial charge in [-0.1, -0.05) is 12.1 Å². The molecule has 10 nitrogen and oxygen atoms in total. The highest BCUT2D eigenvalue weighted by atomic mass is 32.2. The molecular weight excluding hydrogens is 470 g/mol. The predicted octanol–water partition coefficient (Wildman–Crippen LogP) is 2.57. The number of aromatic nitrogens is 2. The van der Waals surface area contributed by atoms with Crippen molar-refractivity contribution in [3.63, 3.8) is 0 Å². The fraction of sp³-hybridized carbons (Fsp3) is 0.500. The van der Waals surface area contributed by atoms with E-state index in [1.807, 2.05) is 20.8 Å². The van der Waals surface area contributed by atoms with Crippen LogP contribution in [-0.4, -0.2) is 71.8 Å². The lowest BCUT2D eigenvalue weighted by Crippen LogP contribution is -2.62. The van der Waals surface area contributed by atoms with Crippen LogP contribution in [0.5, 0.6) is 0 Å². The molecule has 1 atom stereocenters. The van der Waals surface area contributed by atoms with E-state index in [0.717, 1.165) is 0 Å². The Morgan fingerprint density at radius 3 is 2.43 bits per heavy atom. The standard InChI is InChI=1S/C24H31N5O5S/c1-14(2)35(32,33)17-8-6-15(7-9-17)19-11-26-21-20(28-19)18(10-25-21)22(30)27-16-12-29(13-16)23(31)34-24(3,4)5/h6-9,11,14,16,18H,10,12-13H2,1-5H3,(H,25,26)(H,27,30). The molecule has 0 bridgehead atoms. The Kier molecular flexibility index (Phi) is 6.48. The molecule has 1 aromatic heterocycles. The average molecular weight is 502 g/mol. The third kappa shape index (κ3) is 5.24. The molecule has 35 heavy (non-hydrogen) atoms. The Labute approximate surface area is 205 Å². The molecule has 0 radical (unpaired) electrons. The van der Waals surface area contributed by atoms with Crippen molar-refractivity contribution in [1.82, 2.24) is 20.2 Å². The zero-order valence-electron chi connectivity index (χ0n) is 20.5. The molecule has 1 fully saturated rings. The fourth-order valence-corrected chi connectivity index (χ4v) is 4.93. The maximum Gasteiger partial charge on any atom is 0.410 e. The predicted molar refractivity (Wildman–Crippen MR) is 131 cm³/mol. The van der Waals surface area contributed by atoms with Crippen molar-refractivity contribution in [1.29, 1.82) is 0 Å². The van der Waals surface area contributed by atoms with Crippen LogP contribution < -0.4 is 10.6 Å². The zero-order chi connectivity index (χ0) is 25.5. The number of nitrogens with zero attached hydrogens (tertiary/aromatic N) is 3. The van der Waals surface area contributed by atoms with Crippen molar-refractivity contribution in [2.75, 3.05) is 25.0 Å². The van der Waals surface area contributed by atoms with Crippen molar-refractivity contribution < 1.29 is 22.7 Å². The Bertz CT molecular complexity index is 1230. The van der Waals surface area contributed by atoms with E-state index in [-0.39, 0.29) is 16.8 Å². The van der Waals surface area contributed by atoms with Gasteiger partial charge in [-0.25, -0.2) is 23.2 Å². The van der Waals surface area contributed by atoms with Crippen LogP contribution in [0.3, 0.4) is 0 Å². The first-order valence-electron chi connectivity index (χ1n) is 11.6. The molecule has 2 aliphatic heterocycles. The molecule has 1 saturated heterocycles. The van der Waals surface area contributed by atoms with Gasteiger partial charge in [0.05, 0.1) is 33.8 Å². The second-order valence-electron chi connectivity index (χ2n) is 10.1. The van der Waals surface area contributed by atoms with E-state index in [0.29, 0.717) is 42.4 Å². The molecule has 11 heteroatoms. The number of carbonyl (C=O) groups is 2. The van der Waals surface area contributed by atoms with Gasteiger partial charge >= 0.3 is 6.09 Å². The number of sulfone groups is 1. The van der Waals surface area contributed by atoms with Crippen LogP contribution in [0.2, 0.25) is 0 Å². The van der Waals surface area contributed by atoms with Crippen molar-refractivity contribution in [3.8, 4) is 11.3 Å². The zero-order valence-corrected chi connectivity index (χ0v) is 21.3. The molecule has 4 rings (SSSR count). The van der Waals surface area contributed by atoms with Crippen molar-refractivity contribution in [2.45, 2.75) is 62.3 Å². The van der Waals surface area contributed by atoms with Crippen molar-refractivity contribution in [2.24, 2.45) is 0 Å². The largest absolute Gasteiger partial charge is 0.444 e. The van der Waals surface area contributed by atoms with E-state index < -0.39 is 32.7 Å². The number of amides is 2. The van der Waals surface area contributed by atoms with Crippen LogP contribution in [0.25, 0.3) is 11.3 Å². The van der Waals surface area contributed by atoms with Gasteiger partial charge in [0.15, 0.2) is 9.84 Å². The molecule has 2 aromatic rings. The van der Waals surface area contributed by atoms with E-state index in [4.69, 9.17) is 4.74 Å². The van der Waals surface area contributed by atoms with Crippen molar-refractivity contribution in [3.05, 3.63) is 36.2 Å². The first-order chi connectivity index (χ1) is 16.3. The summed E-state index contributed by atoms with van der Waals surface area (Å²) in [6.07, 6.45) is 1.21. The smallest absolute Gasteiger partial charge is 0.410 e. The van der Waals surface area contributed by atoms with Crippen LogP contribution >= 0.6 is 0 Å². The molecule has 188 valence electrons. The van der Waals surface area contributed by atoms with E-state index >= 15 is 0 Å². The summed E-state index contributed by atoms with van der Waals surface area (Å²) >= 11 is 0. The summed E-state index contributed by atoms with van der Waals surface area (Å²) in [5.41, 5.74) is 1.24. The van der Waals surface area contributed by atoms with E-state index in [1.54, 1.807) is 49.2 Å². The lowest BCUT2D eigenvalue weighted by atomic mass is 10.0. The van der Waals surface area contributed by atoms with Crippen LogP contribution in [0, 0.1) is 0 Å². The van der Waals surface area contributed by atoms with Crippen molar-refractivity contribution >= 4 is 27.7 Å². The Morgan fingerprint density at radius 2 is 1.83 bits per heavy atom. The monoisotopic (exact) mass is 501 g/mol. The van der Waals surface area contributed by atoms with Gasteiger partial charge in [-0.2, -0.15) is 0 Å². The number of ether oxygens (including phenoxy) is 1. The summed E-state index contributed by atoms with van der Waals surface area (Å²) < 4.78 is 30.1. The third-order valence-corrected chi connectivity index (χ3v) is 8.07. The Morgan fingerprint density at radius 1 is 1.17 bits per heavy atom. The molecule has 2 aliphatic rings. The number of rotatable bonds is 5. The van der Waals surface area contributed by atoms with Gasteiger partial charge in [0, 0.05) is 25.2 Å². The number of benzene rings is 1. The van der Waals surface area contributed by atoms with Crippen LogP contribution in [0.4, 0.5) is 10.6 Å². The fourth-order valence-electron chi connectivity index (χ4n) is 3.87. The summed E-state index contributed by atoms with van der Waals surface area (Å²) in [5.74, 6) is -0.152. The first-order valence-corrected chi connectivity index (χ1v) is 13.1. The minimum Gasteiger partial charge on any atom is -0.444 e. The number of hydrogen-bond donors (Lipinski definition) is 2. The van der Waals surface area contributed by atoms with Gasteiger partial charge in [-0.3, -0.25) is 4.79 Å². The number of hydrogen-bond acceptors (Lipinski definition) is 8. The van der Waals surface area contributed by atoms with Crippen LogP contribution in [-0.2, 0) is 19.4 Å². The first kappa shape index (κ1) is 24.9. The molecule has 1 unspecified atom stereocenters. The van der Waals surface area contributed by atoms with E-state index in [1.165, 1.54) is 0 Å². The molecular formula is C24H31N5O5S. The minimum absolute atomic E-state index is 0.148. The van der Waals surface area contributed by atoms with E-state index in [2.05, 4.69) is 20.6 Å². The molecule has 0 aliphatic carbocycles. The average Bonchev–Trinajstić information content (AvgIpc) is 3.18. The number of anilines is 1. The van der Waals surface area contributed by atoms with Gasteiger partial charge < -0.3 is 20.3 Å². The number of likely N-dealkylation sites (tertiary alicyclic amines) is 1. The highest BCUT2D eigenvalue weighted by Crippen LogP contribution is 2.31. The Balaban J connectivity index is 1.42. The summed E-state index contributed by atoms with van der Waals surface area (Å²) in [6.45, 7) is 9.88. The summed E-state index contributed by atoms with van der Waals surface area (Å²) in [4.78, 5) is 36.0. The molecule has 0 saturated carbocycles. The van der Waals surface area contributed by atoms with Crippen LogP contribution in [0.15, 0.2) is 35.4 Å². The van der Waals surface area contributed by atoms with E-state index in [9.17, 15) is 18.0 Å². The second kappa shape index (κ2) is 9.10. The minimum atomic E-state index is -3.36. The molecule has 0 spiro atoms. The van der Waals surface area contributed by atoms with Gasteiger partial charge in [0.25, 0.3) is 0 Å². The lowest BCUT2D eigenvalue weighted by molar-refractivity contribution is -0.124. The van der Waals surface area contributed by atoms with Crippen LogP contribution in [0.1, 0.15) is 46.2 Å². The SMILES string of the molecule is CC(C)S(=O)(=O)c1ccc(-c2cnc3c(n2)C(C(=O)NC2CN(C(=O)OC(C)(C)C)C2)CN3)cc1. The maximum atomic E-state index is 13.0. The quantitative estimate of drug-likeness (QED) is 0.639. The highest BCUT2D eigenvalue weighted by Gasteiger charge is 2.38. The summed E-state index contributed by atoms with van der Waals surface area (Å²) in [6, 6.07) is 6.38. The van der Waals surface area contributed by atoms with Gasteiger partial charge in [0.1, 0.15) is 17.3 Å². The summed E-state index contributed by atoms with van der Waals surface area (Å²) in [5, 5.41) is 5.58. The van der Waals surface area contributed by atoms with Gasteiger partial charge in [0.2, 0.25) is 5.91 Å². The second-order valence-corrected chi connectivity index (χ2v) is 12.6. The Hall–Kier alpha value is -3.21. The van der Waals surface area contributed by atoms with Gasteiger partial charge in [-0.15, -0.1) is 0 Å². The lowest BCUT2D eigenvalue weighted by Gasteiger charge is -2.40. The number of nitrogens with one attached hydrogen (secondary N) is 2. The molecule has 1 aromatic carbocycles.